The molecule has 3 aromatic rings. The van der Waals surface area contributed by atoms with Crippen molar-refractivity contribution in [1.29, 1.82) is 5.26 Å². The number of rotatable bonds is 3. The maximum absolute atomic E-state index is 13.3. The number of nitriles is 1. The lowest BCUT2D eigenvalue weighted by Crippen LogP contribution is -2.47. The van der Waals surface area contributed by atoms with E-state index in [0.29, 0.717) is 28.9 Å². The van der Waals surface area contributed by atoms with Crippen molar-refractivity contribution < 1.29 is 13.9 Å². The predicted molar refractivity (Wildman–Crippen MR) is 124 cm³/mol. The Balaban J connectivity index is 1.57. The first kappa shape index (κ1) is 20.4. The van der Waals surface area contributed by atoms with Gasteiger partial charge in [-0.15, -0.1) is 0 Å². The molecule has 0 aromatic heterocycles. The zero-order valence-corrected chi connectivity index (χ0v) is 18.2. The molecule has 7 heteroatoms. The lowest BCUT2D eigenvalue weighted by Gasteiger charge is -2.42. The number of methoxy groups -OCH3 is 1. The molecule has 0 spiro atoms. The highest BCUT2D eigenvalue weighted by Crippen LogP contribution is 2.47. The van der Waals surface area contributed by atoms with Gasteiger partial charge in [-0.05, 0) is 41.1 Å². The minimum Gasteiger partial charge on any atom is -0.496 e. The summed E-state index contributed by atoms with van der Waals surface area (Å²) in [7, 11) is 1.61. The number of hydrogen-bond acceptors (Lipinski definition) is 5. The van der Waals surface area contributed by atoms with Gasteiger partial charge < -0.3 is 9.64 Å². The molecule has 2 aliphatic heterocycles. The van der Waals surface area contributed by atoms with Crippen LogP contribution in [0.25, 0.3) is 10.8 Å². The van der Waals surface area contributed by atoms with Crippen molar-refractivity contribution in [3.63, 3.8) is 0 Å². The third kappa shape index (κ3) is 3.37. The van der Waals surface area contributed by atoms with E-state index in [2.05, 4.69) is 6.07 Å². The predicted octanol–water partition coefficient (Wildman–Crippen LogP) is 5.21. The van der Waals surface area contributed by atoms with Crippen molar-refractivity contribution in [2.24, 2.45) is 0 Å². The van der Waals surface area contributed by atoms with Crippen molar-refractivity contribution in [2.75, 3.05) is 24.6 Å². The smallest absolute Gasteiger partial charge is 0.229 e. The van der Waals surface area contributed by atoms with Gasteiger partial charge in [-0.25, -0.2) is 4.39 Å². The van der Waals surface area contributed by atoms with Crippen molar-refractivity contribution in [1.82, 2.24) is 4.90 Å². The molecule has 32 heavy (non-hydrogen) atoms. The van der Waals surface area contributed by atoms with Gasteiger partial charge in [-0.2, -0.15) is 5.26 Å². The number of carbonyl (C=O) groups is 1. The van der Waals surface area contributed by atoms with Crippen molar-refractivity contribution in [3.8, 4) is 11.8 Å². The number of allylic oxidation sites excluding steroid dienone is 1. The van der Waals surface area contributed by atoms with Crippen LogP contribution in [-0.4, -0.2) is 30.5 Å². The average Bonchev–Trinajstić information content (AvgIpc) is 2.83. The number of benzene rings is 3. The highest BCUT2D eigenvalue weighted by Gasteiger charge is 2.39. The Hall–Kier alpha value is -3.50. The van der Waals surface area contributed by atoms with Crippen molar-refractivity contribution in [2.45, 2.75) is 12.3 Å². The Morgan fingerprint density at radius 1 is 1.12 bits per heavy atom. The van der Waals surface area contributed by atoms with Crippen LogP contribution >= 0.6 is 11.8 Å². The van der Waals surface area contributed by atoms with Gasteiger partial charge in [-0.1, -0.05) is 42.1 Å². The van der Waals surface area contributed by atoms with Crippen LogP contribution in [0.2, 0.25) is 0 Å². The second-order valence-electron chi connectivity index (χ2n) is 7.74. The molecule has 1 amide bonds. The summed E-state index contributed by atoms with van der Waals surface area (Å²) in [5.74, 6) is 0.529. The van der Waals surface area contributed by atoms with E-state index in [1.807, 2.05) is 41.3 Å². The van der Waals surface area contributed by atoms with Crippen LogP contribution < -0.4 is 9.64 Å². The molecule has 160 valence electrons. The first-order chi connectivity index (χ1) is 15.6. The van der Waals surface area contributed by atoms with Gasteiger partial charge in [-0.3, -0.25) is 9.69 Å². The zero-order chi connectivity index (χ0) is 22.2. The van der Waals surface area contributed by atoms with Gasteiger partial charge in [0.05, 0.1) is 36.3 Å². The SMILES string of the molecule is COc1ccc2ccccc2c1[C@@H]1CC(=O)N2CN(c3ccc(F)cc3)CSC2=C1C#N. The van der Waals surface area contributed by atoms with E-state index in [4.69, 9.17) is 4.74 Å². The second-order valence-corrected chi connectivity index (χ2v) is 8.68. The number of halogens is 1. The summed E-state index contributed by atoms with van der Waals surface area (Å²) in [6.45, 7) is 0.331. The van der Waals surface area contributed by atoms with E-state index in [1.54, 1.807) is 24.1 Å². The molecule has 1 saturated heterocycles. The Morgan fingerprint density at radius 2 is 1.91 bits per heavy atom. The number of hydrogen-bond donors (Lipinski definition) is 0. The van der Waals surface area contributed by atoms with Crippen LogP contribution in [0.15, 0.2) is 71.3 Å². The number of thioether (sulfide) groups is 1. The summed E-state index contributed by atoms with van der Waals surface area (Å²) < 4.78 is 19.0. The fourth-order valence-corrected chi connectivity index (χ4v) is 5.60. The van der Waals surface area contributed by atoms with E-state index in [9.17, 15) is 14.4 Å². The number of carbonyl (C=O) groups excluding carboxylic acids is 1. The summed E-state index contributed by atoms with van der Waals surface area (Å²) in [5.41, 5.74) is 2.30. The quantitative estimate of drug-likeness (QED) is 0.554. The number of ether oxygens (including phenoxy) is 1. The van der Waals surface area contributed by atoms with Crippen LogP contribution in [0.5, 0.6) is 5.75 Å². The molecule has 0 bridgehead atoms. The summed E-state index contributed by atoms with van der Waals surface area (Å²) in [4.78, 5) is 17.0. The Morgan fingerprint density at radius 3 is 2.66 bits per heavy atom. The van der Waals surface area contributed by atoms with E-state index >= 15 is 0 Å². The molecule has 5 nitrogen and oxygen atoms in total. The van der Waals surface area contributed by atoms with Gasteiger partial charge in [0.25, 0.3) is 0 Å². The maximum Gasteiger partial charge on any atom is 0.229 e. The second kappa shape index (κ2) is 8.21. The molecule has 0 N–H and O–H groups in total. The van der Waals surface area contributed by atoms with Crippen LogP contribution in [0.4, 0.5) is 10.1 Å². The number of anilines is 1. The van der Waals surface area contributed by atoms with Gasteiger partial charge in [0, 0.05) is 23.6 Å². The number of amides is 1. The minimum atomic E-state index is -0.371. The fraction of sp³-hybridized carbons (Fsp3) is 0.200. The van der Waals surface area contributed by atoms with Crippen LogP contribution in [0.1, 0.15) is 17.9 Å². The van der Waals surface area contributed by atoms with E-state index in [0.717, 1.165) is 22.0 Å². The van der Waals surface area contributed by atoms with E-state index < -0.39 is 0 Å². The van der Waals surface area contributed by atoms with Crippen LogP contribution in [-0.2, 0) is 4.79 Å². The third-order valence-corrected chi connectivity index (χ3v) is 7.14. The average molecular weight is 446 g/mol. The molecule has 0 aliphatic carbocycles. The van der Waals surface area contributed by atoms with Crippen molar-refractivity contribution >= 4 is 34.1 Å². The van der Waals surface area contributed by atoms with Crippen LogP contribution in [0, 0.1) is 17.1 Å². The monoisotopic (exact) mass is 445 g/mol. The summed E-state index contributed by atoms with van der Waals surface area (Å²) >= 11 is 1.46. The third-order valence-electron chi connectivity index (χ3n) is 5.98. The van der Waals surface area contributed by atoms with Gasteiger partial charge >= 0.3 is 0 Å². The summed E-state index contributed by atoms with van der Waals surface area (Å²) in [6.07, 6.45) is 0.189. The van der Waals surface area contributed by atoms with Crippen molar-refractivity contribution in [3.05, 3.63) is 82.6 Å². The maximum atomic E-state index is 13.3. The highest BCUT2D eigenvalue weighted by molar-refractivity contribution is 8.03. The van der Waals surface area contributed by atoms with Gasteiger partial charge in [0.1, 0.15) is 11.6 Å². The molecule has 0 radical (unpaired) electrons. The number of fused-ring (bicyclic) bond motifs is 2. The molecule has 5 rings (SSSR count). The topological polar surface area (TPSA) is 56.6 Å². The summed E-state index contributed by atoms with van der Waals surface area (Å²) in [6, 6.07) is 20.5. The Kier molecular flexibility index (Phi) is 5.24. The first-order valence-electron chi connectivity index (χ1n) is 10.2. The Labute approximate surface area is 189 Å². The van der Waals surface area contributed by atoms with E-state index in [1.165, 1.54) is 23.9 Å². The molecular formula is C25H20FN3O2S. The largest absolute Gasteiger partial charge is 0.496 e. The normalized spacial score (nSPS) is 18.5. The van der Waals surface area contributed by atoms with Gasteiger partial charge in [0.15, 0.2) is 0 Å². The van der Waals surface area contributed by atoms with Crippen LogP contribution in [0.3, 0.4) is 0 Å². The number of nitrogens with zero attached hydrogens (tertiary/aromatic N) is 3. The Bertz CT molecular complexity index is 1280. The molecule has 2 heterocycles. The summed E-state index contributed by atoms with van der Waals surface area (Å²) in [5, 5.41) is 12.9. The highest BCUT2D eigenvalue weighted by atomic mass is 32.2. The fourth-order valence-electron chi connectivity index (χ4n) is 4.44. The standard InChI is InChI=1S/C25H20FN3O2S/c1-31-22-11-6-16-4-2-3-5-19(16)24(22)20-12-23(30)29-14-28(15-32-25(29)21(20)13-27)18-9-7-17(26)8-10-18/h2-11,20H,12,14-15H2,1H3/t20-/m1/s1. The van der Waals surface area contributed by atoms with E-state index in [-0.39, 0.29) is 24.1 Å². The minimum absolute atomic E-state index is 0.0432. The zero-order valence-electron chi connectivity index (χ0n) is 17.4. The lowest BCUT2D eigenvalue weighted by molar-refractivity contribution is -0.129. The molecule has 2 aliphatic rings. The molecule has 0 unspecified atom stereocenters. The molecule has 0 saturated carbocycles. The molecular weight excluding hydrogens is 425 g/mol. The molecule has 1 atom stereocenters. The molecule has 3 aromatic carbocycles. The van der Waals surface area contributed by atoms with Gasteiger partial charge in [0.2, 0.25) is 5.91 Å². The molecule has 1 fully saturated rings. The lowest BCUT2D eigenvalue weighted by atomic mass is 9.83. The first-order valence-corrected chi connectivity index (χ1v) is 11.2.